The van der Waals surface area contributed by atoms with Crippen LogP contribution in [0.25, 0.3) is 0 Å². The highest BCUT2D eigenvalue weighted by Crippen LogP contribution is 1.97. The van der Waals surface area contributed by atoms with E-state index in [9.17, 15) is 4.79 Å². The second-order valence-electron chi connectivity index (χ2n) is 2.35. The first-order chi connectivity index (χ1) is 5.54. The lowest BCUT2D eigenvalue weighted by Crippen LogP contribution is -2.44. The summed E-state index contributed by atoms with van der Waals surface area (Å²) in [6.07, 6.45) is -4.85. The number of rotatable bonds is 5. The molecule has 0 rings (SSSR count). The van der Waals surface area contributed by atoms with E-state index in [1.165, 1.54) is 0 Å². The number of aliphatic hydroxyl groups is 4. The normalized spacial score (nSPS) is 18.4. The van der Waals surface area contributed by atoms with Crippen molar-refractivity contribution < 1.29 is 25.2 Å². The summed E-state index contributed by atoms with van der Waals surface area (Å²) in [5.41, 5.74) is 4.93. The van der Waals surface area contributed by atoms with Gasteiger partial charge in [0.1, 0.15) is 18.3 Å². The van der Waals surface area contributed by atoms with Crippen LogP contribution in [0.2, 0.25) is 0 Å². The molecule has 0 bridgehead atoms. The number of carbonyl (C=O) groups is 1. The van der Waals surface area contributed by atoms with Crippen molar-refractivity contribution >= 4 is 5.78 Å². The average Bonchev–Trinajstić information content (AvgIpc) is 2.12. The fourth-order valence-corrected chi connectivity index (χ4v) is 0.603. The summed E-state index contributed by atoms with van der Waals surface area (Å²) in [7, 11) is 0. The van der Waals surface area contributed by atoms with E-state index in [0.717, 1.165) is 0 Å². The molecule has 0 aliphatic carbocycles. The number of hydrogen-bond donors (Lipinski definition) is 5. The summed E-state index contributed by atoms with van der Waals surface area (Å²) in [5, 5.41) is 34.8. The van der Waals surface area contributed by atoms with E-state index in [4.69, 9.17) is 26.2 Å². The van der Waals surface area contributed by atoms with Crippen LogP contribution in [0.3, 0.4) is 0 Å². The van der Waals surface area contributed by atoms with Gasteiger partial charge in [0, 0.05) is 6.54 Å². The van der Waals surface area contributed by atoms with Crippen molar-refractivity contribution in [2.24, 2.45) is 5.73 Å². The number of carbonyl (C=O) groups excluding carboxylic acids is 1. The standard InChI is InChI=1S/C6H13NO5/c7-1-3(9)5(11)6(12)4(10)2-8/h3-4,6,8-10,12H,1-2,7H2/t3-,4+,6+/m1/s1. The van der Waals surface area contributed by atoms with Crippen LogP contribution in [0.15, 0.2) is 0 Å². The molecule has 0 aromatic heterocycles. The second-order valence-corrected chi connectivity index (χ2v) is 2.35. The van der Waals surface area contributed by atoms with Crippen molar-refractivity contribution in [3.8, 4) is 0 Å². The Morgan fingerprint density at radius 3 is 2.17 bits per heavy atom. The van der Waals surface area contributed by atoms with Crippen LogP contribution in [0.1, 0.15) is 0 Å². The minimum absolute atomic E-state index is 0.325. The molecule has 0 aliphatic rings. The van der Waals surface area contributed by atoms with Gasteiger partial charge >= 0.3 is 0 Å². The molecule has 3 atom stereocenters. The summed E-state index contributed by atoms with van der Waals surface area (Å²) in [6, 6.07) is 0. The van der Waals surface area contributed by atoms with E-state index < -0.39 is 30.7 Å². The van der Waals surface area contributed by atoms with Crippen LogP contribution < -0.4 is 5.73 Å². The molecule has 0 aliphatic heterocycles. The van der Waals surface area contributed by atoms with Gasteiger partial charge in [0.05, 0.1) is 6.61 Å². The van der Waals surface area contributed by atoms with Gasteiger partial charge in [0.15, 0.2) is 5.78 Å². The largest absolute Gasteiger partial charge is 0.394 e. The van der Waals surface area contributed by atoms with E-state index in [2.05, 4.69) is 0 Å². The first-order valence-corrected chi connectivity index (χ1v) is 3.43. The Hall–Kier alpha value is -0.530. The lowest BCUT2D eigenvalue weighted by atomic mass is 10.1. The van der Waals surface area contributed by atoms with Gasteiger partial charge in [0.2, 0.25) is 0 Å². The quantitative estimate of drug-likeness (QED) is 0.299. The van der Waals surface area contributed by atoms with E-state index in [-0.39, 0.29) is 6.54 Å². The van der Waals surface area contributed by atoms with Crippen molar-refractivity contribution in [1.29, 1.82) is 0 Å². The van der Waals surface area contributed by atoms with Crippen LogP contribution in [0.5, 0.6) is 0 Å². The highest BCUT2D eigenvalue weighted by Gasteiger charge is 2.27. The topological polar surface area (TPSA) is 124 Å². The molecule has 6 heteroatoms. The Kier molecular flexibility index (Phi) is 4.95. The Morgan fingerprint density at radius 1 is 1.33 bits per heavy atom. The summed E-state index contributed by atoms with van der Waals surface area (Å²) < 4.78 is 0. The molecular formula is C6H13NO5. The number of Topliss-reactive ketones (excluding diaryl/α,β-unsaturated/α-hetero) is 1. The molecule has 0 aromatic rings. The first-order valence-electron chi connectivity index (χ1n) is 3.43. The van der Waals surface area contributed by atoms with Crippen LogP contribution in [0, 0.1) is 0 Å². The Balaban J connectivity index is 4.09. The molecule has 0 spiro atoms. The molecule has 0 fully saturated rings. The molecule has 72 valence electrons. The number of nitrogens with two attached hydrogens (primary N) is 1. The predicted molar refractivity (Wildman–Crippen MR) is 39.2 cm³/mol. The van der Waals surface area contributed by atoms with Gasteiger partial charge in [-0.3, -0.25) is 4.79 Å². The third kappa shape index (κ3) is 2.84. The molecule has 0 aromatic carbocycles. The Morgan fingerprint density at radius 2 is 1.83 bits per heavy atom. The number of ketones is 1. The molecule has 6 nitrogen and oxygen atoms in total. The second kappa shape index (κ2) is 5.18. The van der Waals surface area contributed by atoms with Gasteiger partial charge in [-0.2, -0.15) is 0 Å². The molecule has 6 N–H and O–H groups in total. The van der Waals surface area contributed by atoms with Crippen molar-refractivity contribution in [3.63, 3.8) is 0 Å². The van der Waals surface area contributed by atoms with Gasteiger partial charge in [0.25, 0.3) is 0 Å². The van der Waals surface area contributed by atoms with Crippen LogP contribution in [0.4, 0.5) is 0 Å². The summed E-state index contributed by atoms with van der Waals surface area (Å²) in [5.74, 6) is -0.987. The van der Waals surface area contributed by atoms with Crippen molar-refractivity contribution in [2.75, 3.05) is 13.2 Å². The van der Waals surface area contributed by atoms with Crippen LogP contribution in [-0.4, -0.2) is 57.7 Å². The Bertz CT molecular complexity index is 151. The minimum Gasteiger partial charge on any atom is -0.394 e. The van der Waals surface area contributed by atoms with Gasteiger partial charge in [-0.15, -0.1) is 0 Å². The number of aliphatic hydroxyl groups excluding tert-OH is 4. The molecule has 0 saturated heterocycles. The Labute approximate surface area is 69.2 Å². The monoisotopic (exact) mass is 179 g/mol. The van der Waals surface area contributed by atoms with Gasteiger partial charge in [-0.1, -0.05) is 0 Å². The van der Waals surface area contributed by atoms with E-state index in [1.54, 1.807) is 0 Å². The zero-order valence-electron chi connectivity index (χ0n) is 6.42. The van der Waals surface area contributed by atoms with Gasteiger partial charge in [-0.05, 0) is 0 Å². The summed E-state index contributed by atoms with van der Waals surface area (Å²) >= 11 is 0. The van der Waals surface area contributed by atoms with Crippen molar-refractivity contribution in [1.82, 2.24) is 0 Å². The lowest BCUT2D eigenvalue weighted by molar-refractivity contribution is -0.142. The maximum atomic E-state index is 10.8. The maximum Gasteiger partial charge on any atom is 0.193 e. The summed E-state index contributed by atoms with van der Waals surface area (Å²) in [4.78, 5) is 10.8. The molecule has 0 unspecified atom stereocenters. The maximum absolute atomic E-state index is 10.8. The van der Waals surface area contributed by atoms with Gasteiger partial charge < -0.3 is 26.2 Å². The highest BCUT2D eigenvalue weighted by molar-refractivity contribution is 5.87. The zero-order chi connectivity index (χ0) is 9.72. The average molecular weight is 179 g/mol. The van der Waals surface area contributed by atoms with Crippen molar-refractivity contribution in [3.05, 3.63) is 0 Å². The predicted octanol–water partition coefficient (Wildman–Crippen LogP) is -3.41. The van der Waals surface area contributed by atoms with E-state index >= 15 is 0 Å². The molecule has 0 amide bonds. The summed E-state index contributed by atoms with van der Waals surface area (Å²) in [6.45, 7) is -1.07. The molecule has 0 saturated carbocycles. The smallest absolute Gasteiger partial charge is 0.193 e. The van der Waals surface area contributed by atoms with E-state index in [1.807, 2.05) is 0 Å². The van der Waals surface area contributed by atoms with Crippen molar-refractivity contribution in [2.45, 2.75) is 18.3 Å². The van der Waals surface area contributed by atoms with Gasteiger partial charge in [-0.25, -0.2) is 0 Å². The first kappa shape index (κ1) is 11.5. The fraction of sp³-hybridized carbons (Fsp3) is 0.833. The van der Waals surface area contributed by atoms with Crippen LogP contribution in [-0.2, 0) is 4.79 Å². The molecule has 0 heterocycles. The van der Waals surface area contributed by atoms with E-state index in [0.29, 0.717) is 0 Å². The zero-order valence-corrected chi connectivity index (χ0v) is 6.42. The fourth-order valence-electron chi connectivity index (χ4n) is 0.603. The highest BCUT2D eigenvalue weighted by atomic mass is 16.4. The molecular weight excluding hydrogens is 166 g/mol. The third-order valence-electron chi connectivity index (χ3n) is 1.39. The number of hydrogen-bond acceptors (Lipinski definition) is 6. The SMILES string of the molecule is NC[C@@H](O)C(=O)[C@@H](O)[C@@H](O)CO. The van der Waals surface area contributed by atoms with Crippen LogP contribution >= 0.6 is 0 Å². The molecule has 12 heavy (non-hydrogen) atoms. The minimum atomic E-state index is -1.78. The third-order valence-corrected chi connectivity index (χ3v) is 1.39. The lowest BCUT2D eigenvalue weighted by Gasteiger charge is -2.16. The molecule has 0 radical (unpaired) electrons.